The van der Waals surface area contributed by atoms with Gasteiger partial charge < -0.3 is 10.4 Å². The molecule has 0 spiro atoms. The maximum Gasteiger partial charge on any atom is 0.209 e. The van der Waals surface area contributed by atoms with E-state index in [0.29, 0.717) is 29.8 Å². The Morgan fingerprint density at radius 1 is 0.955 bits per heavy atom. The van der Waals surface area contributed by atoms with Crippen molar-refractivity contribution >= 4 is 11.6 Å². The van der Waals surface area contributed by atoms with E-state index in [1.165, 1.54) is 6.08 Å². The number of phenols is 1. The van der Waals surface area contributed by atoms with E-state index in [4.69, 9.17) is 0 Å². The number of rotatable bonds is 4. The van der Waals surface area contributed by atoms with E-state index in [0.717, 1.165) is 5.56 Å². The van der Waals surface area contributed by atoms with Gasteiger partial charge in [-0.1, -0.05) is 36.4 Å². The molecule has 0 saturated heterocycles. The number of nitrogens with one attached hydrogen (secondary N) is 1. The summed E-state index contributed by atoms with van der Waals surface area (Å²) in [6, 6.07) is 13.8. The summed E-state index contributed by atoms with van der Waals surface area (Å²) in [4.78, 5) is 24.4. The summed E-state index contributed by atoms with van der Waals surface area (Å²) in [7, 11) is 0. The van der Waals surface area contributed by atoms with Gasteiger partial charge >= 0.3 is 0 Å². The fourth-order valence-corrected chi connectivity index (χ4v) is 2.50. The van der Waals surface area contributed by atoms with E-state index in [1.807, 2.05) is 6.07 Å². The summed E-state index contributed by atoms with van der Waals surface area (Å²) in [5.41, 5.74) is 2.17. The quantitative estimate of drug-likeness (QED) is 0.909. The molecule has 22 heavy (non-hydrogen) atoms. The minimum atomic E-state index is -0.161. The number of Topliss-reactive ketones (excluding diaryl/α,β-unsaturated/α-hetero) is 1. The zero-order valence-electron chi connectivity index (χ0n) is 11.9. The first-order valence-electron chi connectivity index (χ1n) is 7.07. The smallest absolute Gasteiger partial charge is 0.209 e. The molecular weight excluding hydrogens is 278 g/mol. The summed E-state index contributed by atoms with van der Waals surface area (Å²) in [6.45, 7) is 0.510. The van der Waals surface area contributed by atoms with Crippen LogP contribution in [0.15, 0.2) is 60.3 Å². The van der Waals surface area contributed by atoms with Gasteiger partial charge in [-0.15, -0.1) is 0 Å². The van der Waals surface area contributed by atoms with Gasteiger partial charge in [0.05, 0.1) is 5.70 Å². The summed E-state index contributed by atoms with van der Waals surface area (Å²) in [6.07, 6.45) is 2.00. The van der Waals surface area contributed by atoms with Crippen molar-refractivity contribution in [3.8, 4) is 5.75 Å². The molecule has 1 aliphatic carbocycles. The lowest BCUT2D eigenvalue weighted by atomic mass is 9.92. The highest BCUT2D eigenvalue weighted by atomic mass is 16.3. The van der Waals surface area contributed by atoms with Crippen molar-refractivity contribution in [2.45, 2.75) is 6.42 Å². The van der Waals surface area contributed by atoms with E-state index < -0.39 is 0 Å². The molecule has 0 atom stereocenters. The van der Waals surface area contributed by atoms with Crippen molar-refractivity contribution in [1.29, 1.82) is 0 Å². The summed E-state index contributed by atoms with van der Waals surface area (Å²) >= 11 is 0. The molecule has 2 N–H and O–H groups in total. The third-order valence-corrected chi connectivity index (χ3v) is 3.60. The van der Waals surface area contributed by atoms with E-state index in [9.17, 15) is 14.7 Å². The van der Waals surface area contributed by atoms with E-state index >= 15 is 0 Å². The molecule has 0 bridgehead atoms. The molecular formula is C18H15NO3. The van der Waals surface area contributed by atoms with Crippen LogP contribution in [0.1, 0.15) is 26.3 Å². The number of aromatic hydroxyl groups is 1. The molecule has 110 valence electrons. The van der Waals surface area contributed by atoms with E-state index in [1.54, 1.807) is 42.5 Å². The van der Waals surface area contributed by atoms with Crippen LogP contribution in [0.25, 0.3) is 0 Å². The lowest BCUT2D eigenvalue weighted by Gasteiger charge is -2.16. The molecule has 4 nitrogen and oxygen atoms in total. The number of phenolic OH excluding ortho intramolecular Hbond substituents is 1. The Balaban J connectivity index is 1.69. The van der Waals surface area contributed by atoms with Crippen LogP contribution < -0.4 is 5.32 Å². The lowest BCUT2D eigenvalue weighted by molar-refractivity contribution is 0.0978. The van der Waals surface area contributed by atoms with Gasteiger partial charge in [0, 0.05) is 23.7 Å². The topological polar surface area (TPSA) is 66.4 Å². The second-order valence-corrected chi connectivity index (χ2v) is 5.14. The van der Waals surface area contributed by atoms with Gasteiger partial charge in [0.25, 0.3) is 0 Å². The molecule has 0 saturated carbocycles. The van der Waals surface area contributed by atoms with Crippen LogP contribution in [0.5, 0.6) is 5.75 Å². The number of ketones is 2. The number of carbonyl (C=O) groups excluding carboxylic acids is 2. The summed E-state index contributed by atoms with van der Waals surface area (Å²) in [5.74, 6) is -0.101. The van der Waals surface area contributed by atoms with Crippen LogP contribution in [0.2, 0.25) is 0 Å². The standard InChI is InChI=1S/C18H15NO3/c20-13-5-3-4-12(10-13)8-9-19-16-11-17(21)14-6-1-2-7-15(14)18(16)22/h1-7,10-11,19-20H,8-9H2. The first kappa shape index (κ1) is 14.1. The Morgan fingerprint density at radius 3 is 2.50 bits per heavy atom. The zero-order chi connectivity index (χ0) is 15.5. The van der Waals surface area contributed by atoms with Crippen LogP contribution in [0.3, 0.4) is 0 Å². The molecule has 2 aromatic rings. The number of fused-ring (bicyclic) bond motifs is 1. The molecule has 0 fully saturated rings. The number of benzene rings is 2. The minimum Gasteiger partial charge on any atom is -0.508 e. The highest BCUT2D eigenvalue weighted by molar-refractivity contribution is 6.24. The normalized spacial score (nSPS) is 13.5. The first-order chi connectivity index (χ1) is 10.6. The van der Waals surface area contributed by atoms with Gasteiger partial charge in [-0.05, 0) is 24.1 Å². The van der Waals surface area contributed by atoms with Gasteiger partial charge in [-0.2, -0.15) is 0 Å². The Hall–Kier alpha value is -2.88. The van der Waals surface area contributed by atoms with Gasteiger partial charge in [0.1, 0.15) is 5.75 Å². The fourth-order valence-electron chi connectivity index (χ4n) is 2.50. The molecule has 0 unspecified atom stereocenters. The molecule has 0 amide bonds. The second-order valence-electron chi connectivity index (χ2n) is 5.14. The Bertz CT molecular complexity index is 777. The predicted molar refractivity (Wildman–Crippen MR) is 83.0 cm³/mol. The first-order valence-corrected chi connectivity index (χ1v) is 7.07. The van der Waals surface area contributed by atoms with E-state index in [-0.39, 0.29) is 17.3 Å². The molecule has 3 rings (SSSR count). The minimum absolute atomic E-state index is 0.157. The molecule has 1 aliphatic rings. The van der Waals surface area contributed by atoms with Crippen molar-refractivity contribution in [2.24, 2.45) is 0 Å². The lowest BCUT2D eigenvalue weighted by Crippen LogP contribution is -2.28. The van der Waals surface area contributed by atoms with Crippen LogP contribution in [0.4, 0.5) is 0 Å². The Morgan fingerprint density at radius 2 is 1.73 bits per heavy atom. The Kier molecular flexibility index (Phi) is 3.74. The molecule has 0 aliphatic heterocycles. The van der Waals surface area contributed by atoms with Crippen molar-refractivity contribution in [1.82, 2.24) is 5.32 Å². The van der Waals surface area contributed by atoms with Gasteiger partial charge in [-0.25, -0.2) is 0 Å². The zero-order valence-corrected chi connectivity index (χ0v) is 11.9. The van der Waals surface area contributed by atoms with Gasteiger partial charge in [0.2, 0.25) is 5.78 Å². The second kappa shape index (κ2) is 5.85. The Labute approximate surface area is 128 Å². The number of carbonyl (C=O) groups is 2. The van der Waals surface area contributed by atoms with Crippen molar-refractivity contribution in [3.63, 3.8) is 0 Å². The fraction of sp³-hybridized carbons (Fsp3) is 0.111. The maximum absolute atomic E-state index is 12.3. The molecule has 0 heterocycles. The predicted octanol–water partition coefficient (Wildman–Crippen LogP) is 2.49. The van der Waals surface area contributed by atoms with Crippen molar-refractivity contribution in [3.05, 3.63) is 77.0 Å². The average Bonchev–Trinajstić information content (AvgIpc) is 2.52. The molecule has 4 heteroatoms. The number of hydrogen-bond donors (Lipinski definition) is 2. The highest BCUT2D eigenvalue weighted by Gasteiger charge is 2.24. The van der Waals surface area contributed by atoms with Crippen LogP contribution >= 0.6 is 0 Å². The summed E-state index contributed by atoms with van der Waals surface area (Å²) < 4.78 is 0. The van der Waals surface area contributed by atoms with Crippen molar-refractivity contribution in [2.75, 3.05) is 6.54 Å². The van der Waals surface area contributed by atoms with Crippen LogP contribution in [0, 0.1) is 0 Å². The molecule has 0 radical (unpaired) electrons. The number of allylic oxidation sites excluding steroid dienone is 2. The van der Waals surface area contributed by atoms with Crippen LogP contribution in [-0.4, -0.2) is 23.2 Å². The van der Waals surface area contributed by atoms with Crippen molar-refractivity contribution < 1.29 is 14.7 Å². The van der Waals surface area contributed by atoms with Crippen LogP contribution in [-0.2, 0) is 6.42 Å². The van der Waals surface area contributed by atoms with Gasteiger partial charge in [-0.3, -0.25) is 9.59 Å². The third-order valence-electron chi connectivity index (χ3n) is 3.60. The van der Waals surface area contributed by atoms with E-state index in [2.05, 4.69) is 5.32 Å². The SMILES string of the molecule is O=C1C=C(NCCc2cccc(O)c2)C(=O)c2ccccc21. The monoisotopic (exact) mass is 293 g/mol. The number of hydrogen-bond acceptors (Lipinski definition) is 4. The molecule has 0 aromatic heterocycles. The maximum atomic E-state index is 12.3. The summed E-state index contributed by atoms with van der Waals surface area (Å²) in [5, 5.41) is 12.4. The largest absolute Gasteiger partial charge is 0.508 e. The average molecular weight is 293 g/mol. The highest BCUT2D eigenvalue weighted by Crippen LogP contribution is 2.19. The third kappa shape index (κ3) is 2.76. The van der Waals surface area contributed by atoms with Gasteiger partial charge in [0.15, 0.2) is 5.78 Å². The molecule has 2 aromatic carbocycles.